The lowest BCUT2D eigenvalue weighted by Crippen LogP contribution is -2.19. The number of anilines is 3. The average molecular weight is 457 g/mol. The lowest BCUT2D eigenvalue weighted by molar-refractivity contribution is 0.262. The summed E-state index contributed by atoms with van der Waals surface area (Å²) in [7, 11) is -3.76. The van der Waals surface area contributed by atoms with E-state index < -0.39 is 21.9 Å². The second-order valence-corrected chi connectivity index (χ2v) is 9.42. The molecule has 3 aromatic carbocycles. The number of amides is 2. The number of hydrogen-bond donors (Lipinski definition) is 3. The third-order valence-electron chi connectivity index (χ3n) is 4.28. The number of carbonyl (C=O) groups is 1. The zero-order chi connectivity index (χ0) is 22.0. The fraction of sp³-hybridized carbons (Fsp3) is 0.0476. The zero-order valence-electron chi connectivity index (χ0n) is 16.2. The number of hydrogen-bond acceptors (Lipinski definition) is 5. The SMILES string of the molecule is Cc1ccc(S(=O)(=O)Nc2nc3ccc(NC(=O)Nc4cccc(F)c4)cc3s2)cc1. The van der Waals surface area contributed by atoms with Crippen LogP contribution in [-0.2, 0) is 10.0 Å². The predicted molar refractivity (Wildman–Crippen MR) is 121 cm³/mol. The van der Waals surface area contributed by atoms with Crippen LogP contribution in [0, 0.1) is 12.7 Å². The maximum absolute atomic E-state index is 13.2. The van der Waals surface area contributed by atoms with Crippen molar-refractivity contribution in [2.24, 2.45) is 0 Å². The van der Waals surface area contributed by atoms with E-state index in [0.29, 0.717) is 21.6 Å². The summed E-state index contributed by atoms with van der Waals surface area (Å²) < 4.78 is 41.5. The smallest absolute Gasteiger partial charge is 0.308 e. The Bertz CT molecular complexity index is 1370. The first-order valence-electron chi connectivity index (χ1n) is 9.12. The van der Waals surface area contributed by atoms with Crippen LogP contribution in [0.2, 0.25) is 0 Å². The number of carbonyl (C=O) groups excluding carboxylic acids is 1. The first-order valence-corrected chi connectivity index (χ1v) is 11.4. The lowest BCUT2D eigenvalue weighted by atomic mass is 10.2. The number of aromatic nitrogens is 1. The van der Waals surface area contributed by atoms with E-state index in [1.54, 1.807) is 36.4 Å². The minimum absolute atomic E-state index is 0.147. The summed E-state index contributed by atoms with van der Waals surface area (Å²) in [5.74, 6) is -0.454. The molecular weight excluding hydrogens is 439 g/mol. The van der Waals surface area contributed by atoms with Crippen LogP contribution in [0.15, 0.2) is 71.6 Å². The zero-order valence-corrected chi connectivity index (χ0v) is 17.9. The summed E-state index contributed by atoms with van der Waals surface area (Å²) in [5, 5.41) is 5.42. The van der Waals surface area contributed by atoms with Crippen LogP contribution in [0.4, 0.5) is 25.7 Å². The Kier molecular flexibility index (Phi) is 5.57. The van der Waals surface area contributed by atoms with E-state index in [1.165, 1.54) is 30.3 Å². The van der Waals surface area contributed by atoms with Gasteiger partial charge in [0.2, 0.25) is 0 Å². The molecule has 0 spiro atoms. The number of fused-ring (bicyclic) bond motifs is 1. The van der Waals surface area contributed by atoms with Crippen LogP contribution >= 0.6 is 11.3 Å². The highest BCUT2D eigenvalue weighted by Gasteiger charge is 2.16. The quantitative estimate of drug-likeness (QED) is 0.385. The molecule has 0 saturated heterocycles. The number of urea groups is 1. The van der Waals surface area contributed by atoms with Gasteiger partial charge in [0.1, 0.15) is 5.82 Å². The molecular formula is C21H17FN4O3S2. The average Bonchev–Trinajstić information content (AvgIpc) is 3.09. The van der Waals surface area contributed by atoms with E-state index >= 15 is 0 Å². The third kappa shape index (κ3) is 4.98. The molecule has 0 atom stereocenters. The standard InChI is InChI=1S/C21H17FN4O3S2/c1-13-5-8-17(9-6-13)31(28,29)26-21-25-18-10-7-16(12-19(18)30-21)24-20(27)23-15-4-2-3-14(22)11-15/h2-12H,1H3,(H,25,26)(H2,23,24,27). The van der Waals surface area contributed by atoms with Gasteiger partial charge in [-0.25, -0.2) is 22.6 Å². The molecule has 1 aromatic heterocycles. The van der Waals surface area contributed by atoms with Gasteiger partial charge in [0.05, 0.1) is 15.1 Å². The lowest BCUT2D eigenvalue weighted by Gasteiger charge is -2.07. The van der Waals surface area contributed by atoms with E-state index in [-0.39, 0.29) is 10.0 Å². The molecule has 3 N–H and O–H groups in total. The Morgan fingerprint density at radius 2 is 1.68 bits per heavy atom. The maximum Gasteiger partial charge on any atom is 0.323 e. The van der Waals surface area contributed by atoms with Crippen LogP contribution < -0.4 is 15.4 Å². The number of benzene rings is 3. The molecule has 0 aliphatic rings. The van der Waals surface area contributed by atoms with Crippen molar-refractivity contribution in [3.8, 4) is 0 Å². The van der Waals surface area contributed by atoms with Crippen LogP contribution in [-0.4, -0.2) is 19.4 Å². The van der Waals surface area contributed by atoms with E-state index in [0.717, 1.165) is 16.9 Å². The molecule has 4 aromatic rings. The van der Waals surface area contributed by atoms with Crippen LogP contribution in [0.25, 0.3) is 10.2 Å². The van der Waals surface area contributed by atoms with Crippen molar-refractivity contribution >= 4 is 54.1 Å². The minimum atomic E-state index is -3.76. The van der Waals surface area contributed by atoms with Crippen molar-refractivity contribution in [3.63, 3.8) is 0 Å². The molecule has 0 radical (unpaired) electrons. The van der Waals surface area contributed by atoms with E-state index in [9.17, 15) is 17.6 Å². The molecule has 0 fully saturated rings. The highest BCUT2D eigenvalue weighted by Crippen LogP contribution is 2.30. The molecule has 0 aliphatic heterocycles. The number of nitrogens with one attached hydrogen (secondary N) is 3. The summed E-state index contributed by atoms with van der Waals surface area (Å²) in [4.78, 5) is 16.6. The van der Waals surface area contributed by atoms with Gasteiger partial charge < -0.3 is 10.6 Å². The molecule has 7 nitrogen and oxygen atoms in total. The minimum Gasteiger partial charge on any atom is -0.308 e. The molecule has 2 amide bonds. The van der Waals surface area contributed by atoms with Crippen LogP contribution in [0.5, 0.6) is 0 Å². The molecule has 0 unspecified atom stereocenters. The predicted octanol–water partition coefficient (Wildman–Crippen LogP) is 5.19. The first-order chi connectivity index (χ1) is 14.8. The largest absolute Gasteiger partial charge is 0.323 e. The Hall–Kier alpha value is -3.50. The Morgan fingerprint density at radius 1 is 0.968 bits per heavy atom. The second kappa shape index (κ2) is 8.32. The van der Waals surface area contributed by atoms with Gasteiger partial charge in [-0.1, -0.05) is 35.1 Å². The van der Waals surface area contributed by atoms with Gasteiger partial charge in [-0.3, -0.25) is 4.72 Å². The van der Waals surface area contributed by atoms with Gasteiger partial charge in [-0.05, 0) is 55.5 Å². The second-order valence-electron chi connectivity index (χ2n) is 6.71. The summed E-state index contributed by atoms with van der Waals surface area (Å²) >= 11 is 1.15. The van der Waals surface area contributed by atoms with Gasteiger partial charge in [0, 0.05) is 11.4 Å². The number of aryl methyl sites for hydroxylation is 1. The number of thiazole rings is 1. The van der Waals surface area contributed by atoms with E-state index in [4.69, 9.17) is 0 Å². The van der Waals surface area contributed by atoms with Crippen molar-refractivity contribution in [3.05, 3.63) is 78.1 Å². The Morgan fingerprint density at radius 3 is 2.39 bits per heavy atom. The van der Waals surface area contributed by atoms with Crippen LogP contribution in [0.3, 0.4) is 0 Å². The molecule has 0 bridgehead atoms. The third-order valence-corrected chi connectivity index (χ3v) is 6.70. The molecule has 10 heteroatoms. The summed E-state index contributed by atoms with van der Waals surface area (Å²) in [6.07, 6.45) is 0. The Balaban J connectivity index is 1.49. The molecule has 158 valence electrons. The molecule has 31 heavy (non-hydrogen) atoms. The van der Waals surface area contributed by atoms with Crippen molar-refractivity contribution in [2.75, 3.05) is 15.4 Å². The van der Waals surface area contributed by atoms with Gasteiger partial charge in [-0.2, -0.15) is 0 Å². The van der Waals surface area contributed by atoms with Crippen LogP contribution in [0.1, 0.15) is 5.56 Å². The van der Waals surface area contributed by atoms with E-state index in [1.807, 2.05) is 6.92 Å². The van der Waals surface area contributed by atoms with Crippen molar-refractivity contribution in [1.29, 1.82) is 0 Å². The fourth-order valence-corrected chi connectivity index (χ4v) is 4.94. The molecule has 1 heterocycles. The Labute approximate surface area is 182 Å². The summed E-state index contributed by atoms with van der Waals surface area (Å²) in [5.41, 5.74) is 2.35. The highest BCUT2D eigenvalue weighted by molar-refractivity contribution is 7.93. The van der Waals surface area contributed by atoms with Gasteiger partial charge in [-0.15, -0.1) is 0 Å². The van der Waals surface area contributed by atoms with Gasteiger partial charge in [0.15, 0.2) is 5.13 Å². The highest BCUT2D eigenvalue weighted by atomic mass is 32.2. The molecule has 0 saturated carbocycles. The van der Waals surface area contributed by atoms with Crippen molar-refractivity contribution in [1.82, 2.24) is 4.98 Å². The maximum atomic E-state index is 13.2. The van der Waals surface area contributed by atoms with E-state index in [2.05, 4.69) is 20.3 Å². The topological polar surface area (TPSA) is 100 Å². The molecule has 0 aliphatic carbocycles. The van der Waals surface area contributed by atoms with Gasteiger partial charge >= 0.3 is 6.03 Å². The van der Waals surface area contributed by atoms with Gasteiger partial charge in [0.25, 0.3) is 10.0 Å². The summed E-state index contributed by atoms with van der Waals surface area (Å²) in [6.45, 7) is 1.88. The fourth-order valence-electron chi connectivity index (χ4n) is 2.80. The number of sulfonamides is 1. The van der Waals surface area contributed by atoms with Crippen molar-refractivity contribution < 1.29 is 17.6 Å². The summed E-state index contributed by atoms with van der Waals surface area (Å²) in [6, 6.07) is 16.5. The number of nitrogens with zero attached hydrogens (tertiary/aromatic N) is 1. The molecule has 4 rings (SSSR count). The monoisotopic (exact) mass is 456 g/mol. The first kappa shape index (κ1) is 20.8. The normalized spacial score (nSPS) is 11.3. The number of halogens is 1. The number of rotatable bonds is 5. The van der Waals surface area contributed by atoms with Crippen molar-refractivity contribution in [2.45, 2.75) is 11.8 Å².